The van der Waals surface area contributed by atoms with Crippen molar-refractivity contribution >= 4 is 18.0 Å². The summed E-state index contributed by atoms with van der Waals surface area (Å²) >= 11 is 0. The van der Waals surface area contributed by atoms with Crippen LogP contribution in [0, 0.1) is 0 Å². The lowest BCUT2D eigenvalue weighted by Crippen LogP contribution is -2.35. The fourth-order valence-corrected chi connectivity index (χ4v) is 2.13. The molecule has 1 N–H and O–H groups in total. The van der Waals surface area contributed by atoms with Crippen molar-refractivity contribution in [1.82, 2.24) is 4.90 Å². The van der Waals surface area contributed by atoms with Crippen LogP contribution >= 0.6 is 0 Å². The third-order valence-corrected chi connectivity index (χ3v) is 3.34. The van der Waals surface area contributed by atoms with Crippen molar-refractivity contribution in [3.05, 3.63) is 41.5 Å². The summed E-state index contributed by atoms with van der Waals surface area (Å²) in [6.45, 7) is 1.09. The molecule has 0 unspecified atom stereocenters. The van der Waals surface area contributed by atoms with E-state index in [1.165, 1.54) is 6.08 Å². The summed E-state index contributed by atoms with van der Waals surface area (Å²) in [5.41, 5.74) is 1.27. The lowest BCUT2D eigenvalue weighted by molar-refractivity contribution is -0.131. The number of hydrogen-bond acceptors (Lipinski definition) is 3. The highest BCUT2D eigenvalue weighted by atomic mass is 16.5. The second kappa shape index (κ2) is 7.04. The molecule has 1 saturated carbocycles. The third-order valence-electron chi connectivity index (χ3n) is 3.34. The van der Waals surface area contributed by atoms with Crippen molar-refractivity contribution in [2.45, 2.75) is 18.9 Å². The molecule has 0 radical (unpaired) electrons. The standard InChI is InChI=1S/C16H19NO4/c1-21-10-9-17(14-6-7-14)16(20)13-4-2-3-12(11-13)5-8-15(18)19/h2-5,8,11,14H,6-7,9-10H2,1H3,(H,18,19). The number of aliphatic carboxylic acids is 1. The van der Waals surface area contributed by atoms with Crippen LogP contribution in [0.25, 0.3) is 6.08 Å². The molecule has 2 rings (SSSR count). The number of hydrogen-bond donors (Lipinski definition) is 1. The average molecular weight is 289 g/mol. The molecule has 0 spiro atoms. The van der Waals surface area contributed by atoms with Crippen molar-refractivity contribution in [1.29, 1.82) is 0 Å². The van der Waals surface area contributed by atoms with E-state index in [1.807, 2.05) is 4.90 Å². The Kier molecular flexibility index (Phi) is 5.11. The Balaban J connectivity index is 2.13. The topological polar surface area (TPSA) is 66.8 Å². The highest BCUT2D eigenvalue weighted by molar-refractivity contribution is 5.95. The van der Waals surface area contributed by atoms with Gasteiger partial charge in [-0.05, 0) is 36.6 Å². The minimum Gasteiger partial charge on any atom is -0.478 e. The van der Waals surface area contributed by atoms with E-state index in [-0.39, 0.29) is 5.91 Å². The van der Waals surface area contributed by atoms with E-state index in [0.29, 0.717) is 30.3 Å². The van der Waals surface area contributed by atoms with Gasteiger partial charge in [0.2, 0.25) is 0 Å². The van der Waals surface area contributed by atoms with Gasteiger partial charge < -0.3 is 14.7 Å². The molecule has 1 aromatic rings. The van der Waals surface area contributed by atoms with E-state index >= 15 is 0 Å². The molecule has 112 valence electrons. The van der Waals surface area contributed by atoms with E-state index in [2.05, 4.69) is 0 Å². The quantitative estimate of drug-likeness (QED) is 0.780. The molecule has 0 heterocycles. The zero-order chi connectivity index (χ0) is 15.2. The largest absolute Gasteiger partial charge is 0.478 e. The van der Waals surface area contributed by atoms with Crippen molar-refractivity contribution in [3.63, 3.8) is 0 Å². The van der Waals surface area contributed by atoms with Crippen LogP contribution in [0.4, 0.5) is 0 Å². The van der Waals surface area contributed by atoms with Crippen LogP contribution < -0.4 is 0 Å². The SMILES string of the molecule is COCCN(C(=O)c1cccc(C=CC(=O)O)c1)C1CC1. The van der Waals surface area contributed by atoms with Crippen LogP contribution in [0.2, 0.25) is 0 Å². The van der Waals surface area contributed by atoms with Crippen LogP contribution in [-0.4, -0.2) is 48.2 Å². The van der Waals surface area contributed by atoms with Crippen LogP contribution in [0.15, 0.2) is 30.3 Å². The highest BCUT2D eigenvalue weighted by Gasteiger charge is 2.32. The van der Waals surface area contributed by atoms with Crippen LogP contribution in [0.3, 0.4) is 0 Å². The average Bonchev–Trinajstić information content (AvgIpc) is 3.30. The van der Waals surface area contributed by atoms with Gasteiger partial charge in [0.1, 0.15) is 0 Å². The maximum atomic E-state index is 12.6. The predicted octanol–water partition coefficient (Wildman–Crippen LogP) is 2.04. The molecule has 0 saturated heterocycles. The van der Waals surface area contributed by atoms with Crippen LogP contribution in [0.1, 0.15) is 28.8 Å². The summed E-state index contributed by atoms with van der Waals surface area (Å²) in [5, 5.41) is 8.64. The molecule has 5 nitrogen and oxygen atoms in total. The second-order valence-corrected chi connectivity index (χ2v) is 5.02. The van der Waals surface area contributed by atoms with E-state index in [0.717, 1.165) is 18.9 Å². The first-order chi connectivity index (χ1) is 10.1. The molecule has 0 atom stereocenters. The molecule has 1 aromatic carbocycles. The number of nitrogens with zero attached hydrogens (tertiary/aromatic N) is 1. The Morgan fingerprint density at radius 1 is 1.43 bits per heavy atom. The number of benzene rings is 1. The maximum Gasteiger partial charge on any atom is 0.328 e. The van der Waals surface area contributed by atoms with Gasteiger partial charge in [0, 0.05) is 31.3 Å². The summed E-state index contributed by atoms with van der Waals surface area (Å²) in [6, 6.07) is 7.31. The molecule has 1 aliphatic carbocycles. The normalized spacial score (nSPS) is 14.3. The molecule has 0 bridgehead atoms. The molecular formula is C16H19NO4. The molecule has 0 aliphatic heterocycles. The minimum atomic E-state index is -1.01. The predicted molar refractivity (Wildman–Crippen MR) is 79.0 cm³/mol. The lowest BCUT2D eigenvalue weighted by atomic mass is 10.1. The molecule has 21 heavy (non-hydrogen) atoms. The molecule has 1 amide bonds. The summed E-state index contributed by atoms with van der Waals surface area (Å²) < 4.78 is 5.05. The van der Waals surface area contributed by atoms with Crippen molar-refractivity contribution < 1.29 is 19.4 Å². The molecular weight excluding hydrogens is 270 g/mol. The Morgan fingerprint density at radius 3 is 2.81 bits per heavy atom. The number of methoxy groups -OCH3 is 1. The van der Waals surface area contributed by atoms with Gasteiger partial charge in [0.15, 0.2) is 0 Å². The van der Waals surface area contributed by atoms with Crippen LogP contribution in [-0.2, 0) is 9.53 Å². The van der Waals surface area contributed by atoms with E-state index in [9.17, 15) is 9.59 Å². The zero-order valence-corrected chi connectivity index (χ0v) is 12.0. The summed E-state index contributed by atoms with van der Waals surface area (Å²) in [4.78, 5) is 24.9. The molecule has 5 heteroatoms. The summed E-state index contributed by atoms with van der Waals surface area (Å²) in [6.07, 6.45) is 4.62. The number of carboxylic acid groups (broad SMARTS) is 1. The van der Waals surface area contributed by atoms with E-state index < -0.39 is 5.97 Å². The molecule has 0 aromatic heterocycles. The number of ether oxygens (including phenoxy) is 1. The number of carboxylic acids is 1. The Morgan fingerprint density at radius 2 is 2.19 bits per heavy atom. The first kappa shape index (κ1) is 15.3. The van der Waals surface area contributed by atoms with E-state index in [1.54, 1.807) is 31.4 Å². The van der Waals surface area contributed by atoms with Crippen LogP contribution in [0.5, 0.6) is 0 Å². The summed E-state index contributed by atoms with van der Waals surface area (Å²) in [5.74, 6) is -1.04. The number of amides is 1. The number of carbonyl (C=O) groups is 2. The Bertz CT molecular complexity index is 549. The smallest absolute Gasteiger partial charge is 0.328 e. The van der Waals surface area contributed by atoms with Gasteiger partial charge in [-0.3, -0.25) is 4.79 Å². The van der Waals surface area contributed by atoms with Crippen molar-refractivity contribution in [2.24, 2.45) is 0 Å². The van der Waals surface area contributed by atoms with Gasteiger partial charge in [-0.1, -0.05) is 12.1 Å². The number of carbonyl (C=O) groups excluding carboxylic acids is 1. The first-order valence-corrected chi connectivity index (χ1v) is 6.93. The van der Waals surface area contributed by atoms with Crippen molar-refractivity contribution in [2.75, 3.05) is 20.3 Å². The van der Waals surface area contributed by atoms with E-state index in [4.69, 9.17) is 9.84 Å². The van der Waals surface area contributed by atoms with Gasteiger partial charge >= 0.3 is 5.97 Å². The highest BCUT2D eigenvalue weighted by Crippen LogP contribution is 2.28. The Labute approximate surface area is 123 Å². The van der Waals surface area contributed by atoms with Gasteiger partial charge in [0.05, 0.1) is 6.61 Å². The van der Waals surface area contributed by atoms with Gasteiger partial charge in [-0.15, -0.1) is 0 Å². The lowest BCUT2D eigenvalue weighted by Gasteiger charge is -2.22. The van der Waals surface area contributed by atoms with Crippen molar-refractivity contribution in [3.8, 4) is 0 Å². The van der Waals surface area contributed by atoms with Gasteiger partial charge in [-0.2, -0.15) is 0 Å². The second-order valence-electron chi connectivity index (χ2n) is 5.02. The molecule has 1 aliphatic rings. The maximum absolute atomic E-state index is 12.6. The number of rotatable bonds is 7. The van der Waals surface area contributed by atoms with Gasteiger partial charge in [0.25, 0.3) is 5.91 Å². The fourth-order valence-electron chi connectivity index (χ4n) is 2.13. The monoisotopic (exact) mass is 289 g/mol. The molecule has 1 fully saturated rings. The summed E-state index contributed by atoms with van der Waals surface area (Å²) in [7, 11) is 1.62. The fraction of sp³-hybridized carbons (Fsp3) is 0.375. The minimum absolute atomic E-state index is 0.0277. The first-order valence-electron chi connectivity index (χ1n) is 6.93. The zero-order valence-electron chi connectivity index (χ0n) is 12.0. The van der Waals surface area contributed by atoms with Gasteiger partial charge in [-0.25, -0.2) is 4.79 Å². The third kappa shape index (κ3) is 4.43. The Hall–Kier alpha value is -2.14.